The van der Waals surface area contributed by atoms with Gasteiger partial charge in [-0.3, -0.25) is 0 Å². The third-order valence-electron chi connectivity index (χ3n) is 2.20. The molecule has 0 unspecified atom stereocenters. The number of hydrogen-bond acceptors (Lipinski definition) is 1. The van der Waals surface area contributed by atoms with Crippen LogP contribution in [0.2, 0.25) is 5.28 Å². The molecular weight excluding hydrogens is 184 g/mol. The van der Waals surface area contributed by atoms with E-state index in [4.69, 9.17) is 11.6 Å². The lowest BCUT2D eigenvalue weighted by atomic mass is 10.2. The Balaban J connectivity index is 2.61. The lowest BCUT2D eigenvalue weighted by Gasteiger charge is -1.93. The molecule has 0 saturated heterocycles. The first-order valence-corrected chi connectivity index (χ1v) is 4.64. The number of nitrogens with one attached hydrogen (secondary N) is 1. The fourth-order valence-corrected chi connectivity index (χ4v) is 1.66. The number of imidazole rings is 1. The Hall–Kier alpha value is -1.02. The van der Waals surface area contributed by atoms with Crippen LogP contribution in [0.4, 0.5) is 0 Å². The van der Waals surface area contributed by atoms with E-state index in [1.807, 2.05) is 0 Å². The third-order valence-corrected chi connectivity index (χ3v) is 2.38. The summed E-state index contributed by atoms with van der Waals surface area (Å²) in [6.07, 6.45) is 5.27. The van der Waals surface area contributed by atoms with Crippen molar-refractivity contribution in [3.63, 3.8) is 0 Å². The molecule has 1 aliphatic carbocycles. The number of halogens is 1. The molecular formula is C10H11ClN2. The van der Waals surface area contributed by atoms with Crippen molar-refractivity contribution in [1.82, 2.24) is 9.97 Å². The van der Waals surface area contributed by atoms with Gasteiger partial charge in [0.2, 0.25) is 5.28 Å². The normalized spacial score (nSPS) is 15.9. The molecule has 0 amide bonds. The Bertz CT molecular complexity index is 399. The van der Waals surface area contributed by atoms with Crippen molar-refractivity contribution >= 4 is 23.3 Å². The molecule has 0 fully saturated rings. The van der Waals surface area contributed by atoms with E-state index >= 15 is 0 Å². The summed E-state index contributed by atoms with van der Waals surface area (Å²) in [7, 11) is 0. The predicted octanol–water partition coefficient (Wildman–Crippen LogP) is 3.27. The van der Waals surface area contributed by atoms with Gasteiger partial charge in [-0.25, -0.2) is 4.98 Å². The van der Waals surface area contributed by atoms with Crippen molar-refractivity contribution in [3.05, 3.63) is 28.3 Å². The van der Waals surface area contributed by atoms with E-state index in [1.165, 1.54) is 11.1 Å². The smallest absolute Gasteiger partial charge is 0.201 e. The van der Waals surface area contributed by atoms with Gasteiger partial charge in [-0.15, -0.1) is 0 Å². The molecule has 13 heavy (non-hydrogen) atoms. The molecule has 0 spiro atoms. The number of aromatic amines is 1. The molecule has 1 aliphatic rings. The van der Waals surface area contributed by atoms with Crippen LogP contribution in [-0.4, -0.2) is 9.97 Å². The molecule has 1 aromatic heterocycles. The monoisotopic (exact) mass is 194 g/mol. The first kappa shape index (κ1) is 8.57. The van der Waals surface area contributed by atoms with E-state index in [9.17, 15) is 0 Å². The first-order chi connectivity index (χ1) is 6.16. The highest BCUT2D eigenvalue weighted by atomic mass is 35.5. The van der Waals surface area contributed by atoms with Gasteiger partial charge in [-0.2, -0.15) is 0 Å². The summed E-state index contributed by atoms with van der Waals surface area (Å²) in [5.74, 6) is 0. The molecule has 1 N–H and O–H groups in total. The van der Waals surface area contributed by atoms with E-state index in [-0.39, 0.29) is 0 Å². The van der Waals surface area contributed by atoms with Gasteiger partial charge in [0.1, 0.15) is 0 Å². The Kier molecular flexibility index (Phi) is 2.00. The maximum atomic E-state index is 5.79. The average molecular weight is 195 g/mol. The second kappa shape index (κ2) is 3.04. The van der Waals surface area contributed by atoms with Crippen LogP contribution >= 0.6 is 11.6 Å². The largest absolute Gasteiger partial charge is 0.329 e. The maximum Gasteiger partial charge on any atom is 0.201 e. The molecule has 2 nitrogen and oxygen atoms in total. The van der Waals surface area contributed by atoms with E-state index in [0.717, 1.165) is 17.8 Å². The fourth-order valence-electron chi connectivity index (χ4n) is 1.48. The van der Waals surface area contributed by atoms with Gasteiger partial charge in [0.05, 0.1) is 11.4 Å². The molecule has 0 radical (unpaired) electrons. The zero-order chi connectivity index (χ0) is 9.42. The zero-order valence-electron chi connectivity index (χ0n) is 7.69. The van der Waals surface area contributed by atoms with Crippen molar-refractivity contribution in [2.75, 3.05) is 0 Å². The van der Waals surface area contributed by atoms with Crippen molar-refractivity contribution in [2.24, 2.45) is 0 Å². The number of nitrogens with zero attached hydrogens (tertiary/aromatic N) is 1. The highest BCUT2D eigenvalue weighted by Gasteiger charge is 2.11. The number of H-pyrrole nitrogens is 1. The molecule has 0 aromatic carbocycles. The highest BCUT2D eigenvalue weighted by molar-refractivity contribution is 6.28. The van der Waals surface area contributed by atoms with Crippen molar-refractivity contribution in [1.29, 1.82) is 0 Å². The lowest BCUT2D eigenvalue weighted by Crippen LogP contribution is -1.81. The average Bonchev–Trinajstić information content (AvgIpc) is 2.37. The van der Waals surface area contributed by atoms with Crippen LogP contribution < -0.4 is 0 Å². The summed E-state index contributed by atoms with van der Waals surface area (Å²) in [6.45, 7) is 4.16. The van der Waals surface area contributed by atoms with Gasteiger partial charge in [-0.05, 0) is 43.5 Å². The lowest BCUT2D eigenvalue weighted by molar-refractivity contribution is 1.22. The second-order valence-electron chi connectivity index (χ2n) is 3.37. The Morgan fingerprint density at radius 1 is 1.46 bits per heavy atom. The first-order valence-electron chi connectivity index (χ1n) is 4.26. The van der Waals surface area contributed by atoms with Crippen LogP contribution in [0.3, 0.4) is 0 Å². The maximum absolute atomic E-state index is 5.79. The summed E-state index contributed by atoms with van der Waals surface area (Å²) in [5, 5.41) is 0.462. The standard InChI is InChI=1S/C10H11ClN2/c1-6-3-4-7(2)9-8(5-6)12-10(11)13-9/h4-5H,3H2,1-2H3,(H,12,13). The minimum atomic E-state index is 0.462. The van der Waals surface area contributed by atoms with Crippen LogP contribution in [-0.2, 0) is 0 Å². The number of rotatable bonds is 0. The third kappa shape index (κ3) is 1.54. The molecule has 0 atom stereocenters. The van der Waals surface area contributed by atoms with E-state index in [1.54, 1.807) is 0 Å². The minimum absolute atomic E-state index is 0.462. The number of fused-ring (bicyclic) bond motifs is 1. The highest BCUT2D eigenvalue weighted by Crippen LogP contribution is 2.25. The van der Waals surface area contributed by atoms with E-state index in [0.29, 0.717) is 5.28 Å². The van der Waals surface area contributed by atoms with Crippen LogP contribution in [0.5, 0.6) is 0 Å². The number of allylic oxidation sites excluding steroid dienone is 3. The summed E-state index contributed by atoms with van der Waals surface area (Å²) in [4.78, 5) is 7.26. The number of hydrogen-bond donors (Lipinski definition) is 1. The molecule has 0 aliphatic heterocycles. The second-order valence-corrected chi connectivity index (χ2v) is 3.73. The molecule has 1 heterocycles. The van der Waals surface area contributed by atoms with Crippen LogP contribution in [0, 0.1) is 0 Å². The predicted molar refractivity (Wildman–Crippen MR) is 55.5 cm³/mol. The summed E-state index contributed by atoms with van der Waals surface area (Å²) in [5.41, 5.74) is 4.50. The van der Waals surface area contributed by atoms with Gasteiger partial charge < -0.3 is 4.98 Å². The number of aromatic nitrogens is 2. The van der Waals surface area contributed by atoms with Crippen molar-refractivity contribution in [2.45, 2.75) is 20.3 Å². The molecule has 0 bridgehead atoms. The van der Waals surface area contributed by atoms with Crippen molar-refractivity contribution < 1.29 is 0 Å². The van der Waals surface area contributed by atoms with E-state index < -0.39 is 0 Å². The van der Waals surface area contributed by atoms with E-state index in [2.05, 4.69) is 36.0 Å². The van der Waals surface area contributed by atoms with Gasteiger partial charge >= 0.3 is 0 Å². The molecule has 68 valence electrons. The topological polar surface area (TPSA) is 28.7 Å². The van der Waals surface area contributed by atoms with Gasteiger partial charge in [0, 0.05) is 0 Å². The minimum Gasteiger partial charge on any atom is -0.329 e. The summed E-state index contributed by atoms with van der Waals surface area (Å²) >= 11 is 5.79. The molecule has 2 rings (SSSR count). The zero-order valence-corrected chi connectivity index (χ0v) is 8.44. The Labute approximate surface area is 82.3 Å². The fraction of sp³-hybridized carbons (Fsp3) is 0.300. The quantitative estimate of drug-likeness (QED) is 0.675. The summed E-state index contributed by atoms with van der Waals surface area (Å²) < 4.78 is 0. The molecule has 0 saturated carbocycles. The summed E-state index contributed by atoms with van der Waals surface area (Å²) in [6, 6.07) is 0. The van der Waals surface area contributed by atoms with Gasteiger partial charge in [0.15, 0.2) is 0 Å². The van der Waals surface area contributed by atoms with Crippen LogP contribution in [0.25, 0.3) is 11.6 Å². The SMILES string of the molecule is CC1=Cc2[nH]c(Cl)nc2C(C)=CC1. The van der Waals surface area contributed by atoms with Gasteiger partial charge in [-0.1, -0.05) is 11.6 Å². The molecule has 1 aromatic rings. The van der Waals surface area contributed by atoms with Gasteiger partial charge in [0.25, 0.3) is 0 Å². The van der Waals surface area contributed by atoms with Crippen LogP contribution in [0.1, 0.15) is 31.7 Å². The Morgan fingerprint density at radius 3 is 3.00 bits per heavy atom. The van der Waals surface area contributed by atoms with Crippen molar-refractivity contribution in [3.8, 4) is 0 Å². The Morgan fingerprint density at radius 2 is 2.23 bits per heavy atom. The molecule has 3 heteroatoms. The van der Waals surface area contributed by atoms with Crippen LogP contribution in [0.15, 0.2) is 11.6 Å².